The number of anilines is 1. The van der Waals surface area contributed by atoms with Crippen molar-refractivity contribution in [1.29, 1.82) is 0 Å². The lowest BCUT2D eigenvalue weighted by molar-refractivity contribution is 0.0426. The topological polar surface area (TPSA) is 71.0 Å². The van der Waals surface area contributed by atoms with E-state index in [1.54, 1.807) is 6.07 Å². The van der Waals surface area contributed by atoms with Crippen LogP contribution >= 0.6 is 22.6 Å². The molecule has 1 amide bonds. The van der Waals surface area contributed by atoms with Crippen molar-refractivity contribution in [2.75, 3.05) is 25.6 Å². The number of ether oxygens (including phenoxy) is 2. The first kappa shape index (κ1) is 18.4. The SMILES string of the molecule is COc1cc([C@@H]2Nc3ccccc3C(=O)N2C[C@H]2CCCO2)cc(I)c1O. The van der Waals surface area contributed by atoms with Crippen molar-refractivity contribution in [3.05, 3.63) is 51.1 Å². The molecule has 0 aliphatic carbocycles. The van der Waals surface area contributed by atoms with Gasteiger partial charge in [0.05, 0.1) is 22.3 Å². The first-order valence-electron chi connectivity index (χ1n) is 8.93. The van der Waals surface area contributed by atoms with E-state index in [1.807, 2.05) is 35.2 Å². The number of nitrogens with one attached hydrogen (secondary N) is 1. The number of aromatic hydroxyl groups is 1. The third-order valence-corrected chi connectivity index (χ3v) is 5.86. The highest BCUT2D eigenvalue weighted by molar-refractivity contribution is 14.1. The molecule has 27 heavy (non-hydrogen) atoms. The number of benzene rings is 2. The van der Waals surface area contributed by atoms with E-state index in [9.17, 15) is 9.90 Å². The third-order valence-electron chi connectivity index (χ3n) is 5.03. The van der Waals surface area contributed by atoms with Gasteiger partial charge in [-0.05, 0) is 65.3 Å². The lowest BCUT2D eigenvalue weighted by Gasteiger charge is -2.39. The van der Waals surface area contributed by atoms with Crippen molar-refractivity contribution >= 4 is 34.2 Å². The summed E-state index contributed by atoms with van der Waals surface area (Å²) in [6, 6.07) is 11.2. The number of carbonyl (C=O) groups is 1. The van der Waals surface area contributed by atoms with Crippen LogP contribution in [0.25, 0.3) is 0 Å². The van der Waals surface area contributed by atoms with E-state index in [0.717, 1.165) is 30.7 Å². The summed E-state index contributed by atoms with van der Waals surface area (Å²) in [5.41, 5.74) is 2.32. The van der Waals surface area contributed by atoms with Crippen LogP contribution in [0.4, 0.5) is 5.69 Å². The van der Waals surface area contributed by atoms with Gasteiger partial charge in [-0.2, -0.15) is 0 Å². The lowest BCUT2D eigenvalue weighted by atomic mass is 10.0. The molecule has 7 heteroatoms. The molecule has 142 valence electrons. The van der Waals surface area contributed by atoms with Crippen LogP contribution in [0.15, 0.2) is 36.4 Å². The Bertz CT molecular complexity index is 867. The fourth-order valence-corrected chi connectivity index (χ4v) is 4.28. The highest BCUT2D eigenvalue weighted by Gasteiger charge is 2.35. The van der Waals surface area contributed by atoms with E-state index >= 15 is 0 Å². The van der Waals surface area contributed by atoms with Crippen LogP contribution in [0.5, 0.6) is 11.5 Å². The van der Waals surface area contributed by atoms with Crippen LogP contribution in [-0.4, -0.2) is 42.3 Å². The molecule has 2 aromatic carbocycles. The summed E-state index contributed by atoms with van der Waals surface area (Å²) in [4.78, 5) is 15.1. The van der Waals surface area contributed by atoms with Crippen molar-refractivity contribution < 1.29 is 19.4 Å². The fourth-order valence-electron chi connectivity index (χ4n) is 3.66. The largest absolute Gasteiger partial charge is 0.504 e. The van der Waals surface area contributed by atoms with Gasteiger partial charge in [-0.25, -0.2) is 0 Å². The molecule has 2 N–H and O–H groups in total. The molecule has 2 aliphatic rings. The number of methoxy groups -OCH3 is 1. The van der Waals surface area contributed by atoms with Gasteiger partial charge in [-0.15, -0.1) is 0 Å². The number of para-hydroxylation sites is 1. The summed E-state index contributed by atoms with van der Waals surface area (Å²) < 4.78 is 11.8. The van der Waals surface area contributed by atoms with Crippen LogP contribution in [0.1, 0.15) is 34.9 Å². The van der Waals surface area contributed by atoms with Gasteiger partial charge in [0.1, 0.15) is 6.17 Å². The Morgan fingerprint density at radius 2 is 2.19 bits per heavy atom. The lowest BCUT2D eigenvalue weighted by Crippen LogP contribution is -2.46. The molecule has 1 fully saturated rings. The smallest absolute Gasteiger partial charge is 0.257 e. The van der Waals surface area contributed by atoms with Gasteiger partial charge in [0.2, 0.25) is 0 Å². The number of amides is 1. The summed E-state index contributed by atoms with van der Waals surface area (Å²) >= 11 is 2.07. The predicted molar refractivity (Wildman–Crippen MR) is 110 cm³/mol. The van der Waals surface area contributed by atoms with Crippen LogP contribution in [0.2, 0.25) is 0 Å². The van der Waals surface area contributed by atoms with Crippen molar-refractivity contribution in [3.8, 4) is 11.5 Å². The fraction of sp³-hybridized carbons (Fsp3) is 0.350. The first-order chi connectivity index (χ1) is 13.1. The summed E-state index contributed by atoms with van der Waals surface area (Å²) in [7, 11) is 1.52. The highest BCUT2D eigenvalue weighted by atomic mass is 127. The normalized spacial score (nSPS) is 21.7. The molecule has 0 aromatic heterocycles. The molecular formula is C20H21IN2O4. The molecule has 4 rings (SSSR count). The van der Waals surface area contributed by atoms with Crippen LogP contribution < -0.4 is 10.1 Å². The maximum absolute atomic E-state index is 13.2. The van der Waals surface area contributed by atoms with E-state index < -0.39 is 0 Å². The Hall–Kier alpha value is -2.00. The Morgan fingerprint density at radius 1 is 1.37 bits per heavy atom. The molecule has 1 saturated heterocycles. The van der Waals surface area contributed by atoms with Crippen LogP contribution in [0, 0.1) is 3.57 Å². The average Bonchev–Trinajstić information content (AvgIpc) is 3.19. The van der Waals surface area contributed by atoms with E-state index in [4.69, 9.17) is 9.47 Å². The van der Waals surface area contributed by atoms with Gasteiger partial charge < -0.3 is 24.8 Å². The molecule has 2 aliphatic heterocycles. The molecule has 0 radical (unpaired) electrons. The van der Waals surface area contributed by atoms with E-state index in [-0.39, 0.29) is 23.9 Å². The summed E-state index contributed by atoms with van der Waals surface area (Å²) in [5, 5.41) is 13.6. The van der Waals surface area contributed by atoms with Gasteiger partial charge in [0, 0.05) is 18.8 Å². The first-order valence-corrected chi connectivity index (χ1v) is 10.0. The molecule has 6 nitrogen and oxygen atoms in total. The molecule has 0 saturated carbocycles. The van der Waals surface area contributed by atoms with Crippen molar-refractivity contribution in [3.63, 3.8) is 0 Å². The molecular weight excluding hydrogens is 459 g/mol. The Morgan fingerprint density at radius 3 is 2.93 bits per heavy atom. The van der Waals surface area contributed by atoms with Gasteiger partial charge in [-0.1, -0.05) is 12.1 Å². The van der Waals surface area contributed by atoms with Crippen molar-refractivity contribution in [2.24, 2.45) is 0 Å². The minimum absolute atomic E-state index is 0.0214. The maximum atomic E-state index is 13.2. The molecule has 2 atom stereocenters. The Labute approximate surface area is 171 Å². The number of fused-ring (bicyclic) bond motifs is 1. The Kier molecular flexibility index (Phi) is 5.14. The van der Waals surface area contributed by atoms with Crippen molar-refractivity contribution in [2.45, 2.75) is 25.1 Å². The van der Waals surface area contributed by atoms with E-state index in [1.165, 1.54) is 7.11 Å². The maximum Gasteiger partial charge on any atom is 0.257 e. The van der Waals surface area contributed by atoms with E-state index in [0.29, 0.717) is 21.4 Å². The average molecular weight is 480 g/mol. The zero-order valence-corrected chi connectivity index (χ0v) is 17.1. The standard InChI is InChI=1S/C20H21IN2O4/c1-26-17-10-12(9-15(21)18(17)24)19-22-16-7-3-2-6-14(16)20(25)23(19)11-13-5-4-8-27-13/h2-3,6-7,9-10,13,19,22,24H,4-5,8,11H2,1H3/t13-,19-/m1/s1. The number of halogens is 1. The summed E-state index contributed by atoms with van der Waals surface area (Å²) in [5.74, 6) is 0.476. The highest BCUT2D eigenvalue weighted by Crippen LogP contribution is 2.39. The zero-order chi connectivity index (χ0) is 19.0. The van der Waals surface area contributed by atoms with Crippen LogP contribution in [-0.2, 0) is 4.74 Å². The third kappa shape index (κ3) is 3.45. The molecule has 0 bridgehead atoms. The molecule has 2 aromatic rings. The number of carbonyl (C=O) groups excluding carboxylic acids is 1. The molecule has 0 spiro atoms. The zero-order valence-electron chi connectivity index (χ0n) is 14.9. The minimum atomic E-state index is -0.361. The minimum Gasteiger partial charge on any atom is -0.504 e. The van der Waals surface area contributed by atoms with Crippen molar-refractivity contribution in [1.82, 2.24) is 4.90 Å². The summed E-state index contributed by atoms with van der Waals surface area (Å²) in [6.07, 6.45) is 1.65. The predicted octanol–water partition coefficient (Wildman–Crippen LogP) is 3.75. The van der Waals surface area contributed by atoms with Crippen LogP contribution in [0.3, 0.4) is 0 Å². The number of hydrogen-bond donors (Lipinski definition) is 2. The van der Waals surface area contributed by atoms with Gasteiger partial charge in [0.25, 0.3) is 5.91 Å². The molecule has 2 heterocycles. The van der Waals surface area contributed by atoms with Gasteiger partial charge in [-0.3, -0.25) is 4.79 Å². The Balaban J connectivity index is 1.76. The number of hydrogen-bond acceptors (Lipinski definition) is 5. The van der Waals surface area contributed by atoms with Gasteiger partial charge in [0.15, 0.2) is 11.5 Å². The quantitative estimate of drug-likeness (QED) is 0.653. The van der Waals surface area contributed by atoms with Gasteiger partial charge >= 0.3 is 0 Å². The second-order valence-corrected chi connectivity index (χ2v) is 7.90. The van der Waals surface area contributed by atoms with E-state index in [2.05, 4.69) is 27.9 Å². The second kappa shape index (κ2) is 7.55. The molecule has 0 unspecified atom stereocenters. The summed E-state index contributed by atoms with van der Waals surface area (Å²) in [6.45, 7) is 1.26. The number of nitrogens with zero attached hydrogens (tertiary/aromatic N) is 1. The number of rotatable bonds is 4. The monoisotopic (exact) mass is 480 g/mol. The number of phenolic OH excluding ortho intramolecular Hbond substituents is 1. The number of phenols is 1. The second-order valence-electron chi connectivity index (χ2n) is 6.74.